The van der Waals surface area contributed by atoms with Gasteiger partial charge in [-0.2, -0.15) is 0 Å². The average molecular weight is 356 g/mol. The fraction of sp³-hybridized carbons (Fsp3) is 0.714. The molecule has 0 aliphatic carbocycles. The van der Waals surface area contributed by atoms with Crippen molar-refractivity contribution in [3.05, 3.63) is 0 Å². The van der Waals surface area contributed by atoms with Crippen molar-refractivity contribution in [2.24, 2.45) is 0 Å². The van der Waals surface area contributed by atoms with Crippen LogP contribution in [0.2, 0.25) is 0 Å². The molecule has 0 fully saturated rings. The normalized spacial score (nSPS) is 11.7. The molecule has 0 saturated heterocycles. The van der Waals surface area contributed by atoms with Crippen LogP contribution in [0, 0.1) is 0 Å². The largest absolute Gasteiger partial charge is 0.577 e. The van der Waals surface area contributed by atoms with Crippen LogP contribution in [0.3, 0.4) is 0 Å². The zero-order chi connectivity index (χ0) is 18.2. The van der Waals surface area contributed by atoms with Gasteiger partial charge >= 0.3 is 31.4 Å². The van der Waals surface area contributed by atoms with Gasteiger partial charge in [0.05, 0.1) is 6.61 Å². The first-order chi connectivity index (χ1) is 9.56. The zero-order valence-electron chi connectivity index (χ0n) is 10.1. The van der Waals surface area contributed by atoms with Crippen LogP contribution < -0.4 is 0 Å². The molecule has 0 unspecified atom stereocenters. The maximum absolute atomic E-state index is 11.1. The second-order valence-corrected chi connectivity index (χ2v) is 2.58. The predicted molar refractivity (Wildman–Crippen MR) is 43.8 cm³/mol. The van der Waals surface area contributed by atoms with Gasteiger partial charge in [-0.1, -0.05) is 0 Å². The quantitative estimate of drug-likeness (QED) is 0.525. The molecule has 0 radical (unpaired) electrons. The summed E-state index contributed by atoms with van der Waals surface area (Å²) in [5.41, 5.74) is 0. The molecule has 0 aromatic rings. The third-order valence-corrected chi connectivity index (χ3v) is 0.859. The SMILES string of the molecule is CCOC(=O)OC(F)(F)F.O=C(OC(F)(F)F)OC(F)(F)F. The van der Waals surface area contributed by atoms with E-state index in [-0.39, 0.29) is 6.61 Å². The summed E-state index contributed by atoms with van der Waals surface area (Å²) in [4.78, 5) is 19.5. The van der Waals surface area contributed by atoms with Gasteiger partial charge in [-0.05, 0) is 6.92 Å². The predicted octanol–water partition coefficient (Wildman–Crippen LogP) is 3.86. The van der Waals surface area contributed by atoms with Crippen LogP contribution in [0.25, 0.3) is 0 Å². The first kappa shape index (κ1) is 22.2. The standard InChI is InChI=1S/C4H5F3O3.C3F6O3/c1-2-9-3(8)10-4(5,6)7;4-2(5,6)11-1(10)12-3(7,8)9/h2H2,1H3;. The van der Waals surface area contributed by atoms with Gasteiger partial charge in [0.15, 0.2) is 0 Å². The van der Waals surface area contributed by atoms with Gasteiger partial charge in [0.2, 0.25) is 0 Å². The smallest absolute Gasteiger partial charge is 0.434 e. The van der Waals surface area contributed by atoms with Crippen LogP contribution in [0.15, 0.2) is 0 Å². The molecule has 0 spiro atoms. The molecule has 0 bridgehead atoms. The molecule has 15 heteroatoms. The molecule has 0 aliphatic rings. The van der Waals surface area contributed by atoms with Crippen LogP contribution in [0.4, 0.5) is 49.1 Å². The number of hydrogen-bond acceptors (Lipinski definition) is 6. The van der Waals surface area contributed by atoms with E-state index in [1.807, 2.05) is 0 Å². The Morgan fingerprint density at radius 2 is 0.955 bits per heavy atom. The highest BCUT2D eigenvalue weighted by Gasteiger charge is 2.41. The maximum atomic E-state index is 11.1. The Hall–Kier alpha value is -2.09. The monoisotopic (exact) mass is 356 g/mol. The van der Waals surface area contributed by atoms with Crippen LogP contribution in [0.1, 0.15) is 6.92 Å². The first-order valence-corrected chi connectivity index (χ1v) is 4.53. The Morgan fingerprint density at radius 3 is 1.18 bits per heavy atom. The maximum Gasteiger partial charge on any atom is 0.577 e. The highest BCUT2D eigenvalue weighted by Crippen LogP contribution is 2.22. The Kier molecular flexibility index (Phi) is 8.45. The van der Waals surface area contributed by atoms with E-state index in [2.05, 4.69) is 18.9 Å². The van der Waals surface area contributed by atoms with E-state index in [4.69, 9.17) is 0 Å². The summed E-state index contributed by atoms with van der Waals surface area (Å²) in [6.45, 7) is 1.23. The van der Waals surface area contributed by atoms with E-state index in [1.165, 1.54) is 6.92 Å². The number of alkyl halides is 9. The van der Waals surface area contributed by atoms with Crippen LogP contribution in [-0.4, -0.2) is 38.0 Å². The topological polar surface area (TPSA) is 71.1 Å². The lowest BCUT2D eigenvalue weighted by Gasteiger charge is -2.08. The van der Waals surface area contributed by atoms with Crippen molar-refractivity contribution < 1.29 is 68.1 Å². The summed E-state index contributed by atoms with van der Waals surface area (Å²) < 4.78 is 110. The molecule has 0 rings (SSSR count). The number of rotatable bonds is 1. The lowest BCUT2D eigenvalue weighted by Crippen LogP contribution is -2.26. The summed E-state index contributed by atoms with van der Waals surface area (Å²) in [5.74, 6) is 0. The third-order valence-electron chi connectivity index (χ3n) is 0.859. The van der Waals surface area contributed by atoms with E-state index in [9.17, 15) is 49.1 Å². The van der Waals surface area contributed by atoms with Gasteiger partial charge in [-0.15, -0.1) is 39.5 Å². The number of carbonyl (C=O) groups excluding carboxylic acids is 2. The van der Waals surface area contributed by atoms with Crippen molar-refractivity contribution in [1.82, 2.24) is 0 Å². The van der Waals surface area contributed by atoms with E-state index >= 15 is 0 Å². The minimum atomic E-state index is -5.48. The summed E-state index contributed by atoms with van der Waals surface area (Å²) in [6, 6.07) is 0. The molecule has 0 aromatic heterocycles. The fourth-order valence-corrected chi connectivity index (χ4v) is 0.452. The average Bonchev–Trinajstić information content (AvgIpc) is 2.07. The van der Waals surface area contributed by atoms with Crippen LogP contribution in [-0.2, 0) is 18.9 Å². The minimum absolute atomic E-state index is 0.144. The van der Waals surface area contributed by atoms with Crippen LogP contribution >= 0.6 is 0 Å². The third kappa shape index (κ3) is 20.2. The molecule has 0 amide bonds. The second kappa shape index (κ2) is 8.38. The molecule has 0 aromatic carbocycles. The minimum Gasteiger partial charge on any atom is -0.434 e. The van der Waals surface area contributed by atoms with Crippen molar-refractivity contribution in [3.63, 3.8) is 0 Å². The number of ether oxygens (including phenoxy) is 4. The van der Waals surface area contributed by atoms with E-state index in [0.717, 1.165) is 0 Å². The number of carbonyl (C=O) groups is 2. The molecule has 0 atom stereocenters. The van der Waals surface area contributed by atoms with Gasteiger partial charge in [0.25, 0.3) is 0 Å². The molecule has 0 aliphatic heterocycles. The van der Waals surface area contributed by atoms with Crippen LogP contribution in [0.5, 0.6) is 0 Å². The molecular weight excluding hydrogens is 351 g/mol. The van der Waals surface area contributed by atoms with Gasteiger partial charge in [-0.3, -0.25) is 0 Å². The van der Waals surface area contributed by atoms with Crippen molar-refractivity contribution in [3.8, 4) is 0 Å². The molecule has 0 saturated carbocycles. The summed E-state index contributed by atoms with van der Waals surface area (Å²) in [6.07, 6.45) is -20.5. The lowest BCUT2D eigenvalue weighted by molar-refractivity contribution is -0.338. The fourth-order valence-electron chi connectivity index (χ4n) is 0.452. The number of hydrogen-bond donors (Lipinski definition) is 0. The van der Waals surface area contributed by atoms with Gasteiger partial charge < -0.3 is 18.9 Å². The van der Waals surface area contributed by atoms with Crippen molar-refractivity contribution in [2.45, 2.75) is 26.0 Å². The van der Waals surface area contributed by atoms with E-state index < -0.39 is 31.4 Å². The first-order valence-electron chi connectivity index (χ1n) is 4.53. The summed E-state index contributed by atoms with van der Waals surface area (Å²) in [7, 11) is 0. The van der Waals surface area contributed by atoms with E-state index in [0.29, 0.717) is 0 Å². The molecule has 0 N–H and O–H groups in total. The van der Waals surface area contributed by atoms with E-state index in [1.54, 1.807) is 0 Å². The molecule has 132 valence electrons. The zero-order valence-corrected chi connectivity index (χ0v) is 10.1. The van der Waals surface area contributed by atoms with Gasteiger partial charge in [-0.25, -0.2) is 9.59 Å². The highest BCUT2D eigenvalue weighted by atomic mass is 19.4. The Bertz CT molecular complexity index is 339. The molecule has 6 nitrogen and oxygen atoms in total. The van der Waals surface area contributed by atoms with Crippen molar-refractivity contribution in [1.29, 1.82) is 0 Å². The summed E-state index contributed by atoms with van der Waals surface area (Å²) >= 11 is 0. The van der Waals surface area contributed by atoms with Crippen molar-refractivity contribution in [2.75, 3.05) is 6.61 Å². The van der Waals surface area contributed by atoms with Crippen molar-refractivity contribution >= 4 is 12.3 Å². The highest BCUT2D eigenvalue weighted by molar-refractivity contribution is 5.60. The van der Waals surface area contributed by atoms with Gasteiger partial charge in [0, 0.05) is 0 Å². The lowest BCUT2D eigenvalue weighted by atomic mass is 10.9. The Morgan fingerprint density at radius 1 is 0.682 bits per heavy atom. The molecule has 0 heterocycles. The number of halogens is 9. The van der Waals surface area contributed by atoms with Gasteiger partial charge in [0.1, 0.15) is 0 Å². The summed E-state index contributed by atoms with van der Waals surface area (Å²) in [5, 5.41) is 0. The second-order valence-electron chi connectivity index (χ2n) is 2.58. The molecular formula is C7H5F9O6. The molecule has 22 heavy (non-hydrogen) atoms. The Labute approximate surface area is 114 Å². The Balaban J connectivity index is 0.